The molecule has 4 atom stereocenters. The first-order chi connectivity index (χ1) is 12.3. The summed E-state index contributed by atoms with van der Waals surface area (Å²) in [6, 6.07) is 1.53. The summed E-state index contributed by atoms with van der Waals surface area (Å²) in [5, 5.41) is 11.3. The quantitative estimate of drug-likeness (QED) is 0.790. The third-order valence-corrected chi connectivity index (χ3v) is 6.44. The van der Waals surface area contributed by atoms with Crippen LogP contribution in [0.1, 0.15) is 41.5 Å². The van der Waals surface area contributed by atoms with Gasteiger partial charge in [-0.3, -0.25) is 14.6 Å². The molecule has 2 fully saturated rings. The monoisotopic (exact) mass is 363 g/mol. The third kappa shape index (κ3) is 3.07. The average molecular weight is 364 g/mol. The summed E-state index contributed by atoms with van der Waals surface area (Å²) in [6.07, 6.45) is 0. The van der Waals surface area contributed by atoms with Crippen molar-refractivity contribution in [3.63, 3.8) is 0 Å². The summed E-state index contributed by atoms with van der Waals surface area (Å²) in [5.41, 5.74) is 0.559. The average Bonchev–Trinajstić information content (AvgIpc) is 2.54. The molecule has 0 aliphatic carbocycles. The fraction of sp³-hybridized carbons (Fsp3) is 0.800. The second kappa shape index (κ2) is 7.31. The van der Waals surface area contributed by atoms with Crippen LogP contribution in [0.4, 0.5) is 5.69 Å². The molecule has 146 valence electrons. The van der Waals surface area contributed by atoms with E-state index >= 15 is 0 Å². The Kier molecular flexibility index (Phi) is 5.45. The Labute approximate surface area is 157 Å². The molecular weight excluding hydrogens is 328 g/mol. The highest BCUT2D eigenvalue weighted by Crippen LogP contribution is 2.26. The minimum absolute atomic E-state index is 0.0243. The van der Waals surface area contributed by atoms with E-state index in [9.17, 15) is 9.90 Å². The van der Waals surface area contributed by atoms with Gasteiger partial charge in [-0.25, -0.2) is 4.58 Å². The number of aromatic hydroxyl groups is 1. The van der Waals surface area contributed by atoms with Crippen LogP contribution in [0.2, 0.25) is 0 Å². The lowest BCUT2D eigenvalue weighted by Gasteiger charge is -2.45. The largest absolute Gasteiger partial charge is 0.501 e. The summed E-state index contributed by atoms with van der Waals surface area (Å²) in [5.74, 6) is 0.212. The number of piperazine rings is 2. The first-order valence-corrected chi connectivity index (χ1v) is 10.2. The van der Waals surface area contributed by atoms with E-state index in [1.54, 1.807) is 0 Å². The SMILES string of the molecule is CCN1[C@H](C)CN(c2c(O)c(=[N+]3C[C@@H](C)N(CC)[C@@H](C)C3)c2=O)C[C@@H]1C. The molecule has 26 heavy (non-hydrogen) atoms. The van der Waals surface area contributed by atoms with Crippen molar-refractivity contribution in [2.24, 2.45) is 0 Å². The second-order valence-electron chi connectivity index (χ2n) is 8.24. The molecule has 2 aliphatic rings. The normalized spacial score (nSPS) is 33.8. The Bertz CT molecular complexity index is 711. The van der Waals surface area contributed by atoms with Crippen molar-refractivity contribution in [1.29, 1.82) is 0 Å². The lowest BCUT2D eigenvalue weighted by Crippen LogP contribution is -2.62. The lowest BCUT2D eigenvalue weighted by atomic mass is 10.0. The number of nitrogens with zero attached hydrogens (tertiary/aromatic N) is 4. The summed E-state index contributed by atoms with van der Waals surface area (Å²) in [7, 11) is 0. The van der Waals surface area contributed by atoms with Gasteiger partial charge in [0.2, 0.25) is 5.75 Å². The summed E-state index contributed by atoms with van der Waals surface area (Å²) in [4.78, 5) is 19.9. The highest BCUT2D eigenvalue weighted by molar-refractivity contribution is 5.63. The number of anilines is 1. The zero-order valence-electron chi connectivity index (χ0n) is 17.2. The molecule has 0 amide bonds. The summed E-state index contributed by atoms with van der Waals surface area (Å²) < 4.78 is 2.10. The minimum Gasteiger partial charge on any atom is -0.501 e. The number of likely N-dealkylation sites (N-methyl/N-ethyl adjacent to an activating group) is 2. The molecular formula is C20H35N4O2+. The van der Waals surface area contributed by atoms with Crippen LogP contribution in [0.25, 0.3) is 0 Å². The fourth-order valence-electron chi connectivity index (χ4n) is 5.29. The molecule has 0 saturated carbocycles. The van der Waals surface area contributed by atoms with Gasteiger partial charge in [0.05, 0.1) is 12.1 Å². The van der Waals surface area contributed by atoms with Crippen LogP contribution >= 0.6 is 0 Å². The molecule has 2 aliphatic heterocycles. The molecule has 1 aromatic rings. The summed E-state index contributed by atoms with van der Waals surface area (Å²) >= 11 is 0. The van der Waals surface area contributed by atoms with Crippen LogP contribution < -0.4 is 20.3 Å². The van der Waals surface area contributed by atoms with E-state index in [0.29, 0.717) is 35.2 Å². The maximum Gasteiger partial charge on any atom is 0.294 e. The van der Waals surface area contributed by atoms with Gasteiger partial charge in [-0.2, -0.15) is 0 Å². The highest BCUT2D eigenvalue weighted by atomic mass is 16.3. The Morgan fingerprint density at radius 2 is 1.38 bits per heavy atom. The van der Waals surface area contributed by atoms with Crippen molar-refractivity contribution in [2.75, 3.05) is 44.2 Å². The van der Waals surface area contributed by atoms with E-state index in [1.165, 1.54) is 0 Å². The molecule has 2 saturated heterocycles. The number of rotatable bonds is 3. The maximum absolute atomic E-state index is 12.9. The van der Waals surface area contributed by atoms with E-state index in [1.807, 2.05) is 0 Å². The zero-order chi connectivity index (χ0) is 19.2. The van der Waals surface area contributed by atoms with Crippen LogP contribution in [0.5, 0.6) is 5.75 Å². The van der Waals surface area contributed by atoms with E-state index in [2.05, 4.69) is 60.8 Å². The van der Waals surface area contributed by atoms with Crippen molar-refractivity contribution in [3.8, 4) is 5.75 Å². The molecule has 0 aromatic heterocycles. The Morgan fingerprint density at radius 3 is 1.81 bits per heavy atom. The van der Waals surface area contributed by atoms with Gasteiger partial charge in [0.1, 0.15) is 5.69 Å². The molecule has 1 aromatic carbocycles. The van der Waals surface area contributed by atoms with Gasteiger partial charge in [-0.05, 0) is 40.8 Å². The minimum atomic E-state index is 0.0243. The summed E-state index contributed by atoms with van der Waals surface area (Å²) in [6.45, 7) is 18.4. The molecule has 3 rings (SSSR count). The van der Waals surface area contributed by atoms with Crippen molar-refractivity contribution in [2.45, 2.75) is 65.7 Å². The molecule has 0 bridgehead atoms. The predicted octanol–water partition coefficient (Wildman–Crippen LogP) is 0.432. The van der Waals surface area contributed by atoms with Gasteiger partial charge in [-0.15, -0.1) is 0 Å². The Balaban J connectivity index is 1.88. The van der Waals surface area contributed by atoms with Gasteiger partial charge in [0.15, 0.2) is 13.1 Å². The van der Waals surface area contributed by atoms with Crippen molar-refractivity contribution < 1.29 is 5.11 Å². The predicted molar refractivity (Wildman–Crippen MR) is 107 cm³/mol. The second-order valence-corrected chi connectivity index (χ2v) is 8.24. The van der Waals surface area contributed by atoms with E-state index in [-0.39, 0.29) is 11.2 Å². The molecule has 0 radical (unpaired) electrons. The maximum atomic E-state index is 12.9. The highest BCUT2D eigenvalue weighted by Gasteiger charge is 2.38. The van der Waals surface area contributed by atoms with E-state index < -0.39 is 0 Å². The first kappa shape index (κ1) is 19.4. The molecule has 6 heteroatoms. The van der Waals surface area contributed by atoms with Crippen molar-refractivity contribution in [3.05, 3.63) is 15.6 Å². The van der Waals surface area contributed by atoms with E-state index in [0.717, 1.165) is 39.3 Å². The topological polar surface area (TPSA) is 50.0 Å². The van der Waals surface area contributed by atoms with Crippen LogP contribution in [-0.2, 0) is 0 Å². The van der Waals surface area contributed by atoms with Gasteiger partial charge >= 0.3 is 0 Å². The number of hydrogen-bond donors (Lipinski definition) is 1. The van der Waals surface area contributed by atoms with Gasteiger partial charge < -0.3 is 10.0 Å². The van der Waals surface area contributed by atoms with Gasteiger partial charge in [0.25, 0.3) is 10.8 Å². The van der Waals surface area contributed by atoms with Crippen LogP contribution in [0.15, 0.2) is 4.79 Å². The van der Waals surface area contributed by atoms with Crippen molar-refractivity contribution in [1.82, 2.24) is 14.4 Å². The van der Waals surface area contributed by atoms with Crippen LogP contribution in [-0.4, -0.2) is 78.3 Å². The number of hydrogen-bond acceptors (Lipinski definition) is 5. The molecule has 6 nitrogen and oxygen atoms in total. The fourth-order valence-corrected chi connectivity index (χ4v) is 5.29. The van der Waals surface area contributed by atoms with Gasteiger partial charge in [0, 0.05) is 25.2 Å². The first-order valence-electron chi connectivity index (χ1n) is 10.2. The standard InChI is InChI=1S/C20H34N4O2/c1-7-23-13(3)9-21(10-14(23)4)17-19(25)18(20(17)26)22-11-15(5)24(8-2)16(6)12-22/h13-16H,7-12H2,1-6H3/p+1/t13-,14+,15-,16+. The zero-order valence-corrected chi connectivity index (χ0v) is 17.2. The van der Waals surface area contributed by atoms with Crippen LogP contribution in [0, 0.1) is 0 Å². The lowest BCUT2D eigenvalue weighted by molar-refractivity contribution is 0.109. The molecule has 1 N–H and O–H groups in total. The Hall–Kier alpha value is -1.40. The van der Waals surface area contributed by atoms with Crippen molar-refractivity contribution >= 4 is 5.69 Å². The molecule has 2 heterocycles. The van der Waals surface area contributed by atoms with Gasteiger partial charge in [-0.1, -0.05) is 13.8 Å². The smallest absolute Gasteiger partial charge is 0.294 e. The molecule has 0 spiro atoms. The van der Waals surface area contributed by atoms with E-state index in [4.69, 9.17) is 0 Å². The van der Waals surface area contributed by atoms with Crippen LogP contribution in [0.3, 0.4) is 0 Å². The third-order valence-electron chi connectivity index (χ3n) is 6.44. The Morgan fingerprint density at radius 1 is 0.923 bits per heavy atom. The molecule has 0 unspecified atom stereocenters.